The lowest BCUT2D eigenvalue weighted by Crippen LogP contribution is -2.47. The van der Waals surface area contributed by atoms with Crippen molar-refractivity contribution in [3.8, 4) is 0 Å². The molecule has 1 saturated heterocycles. The van der Waals surface area contributed by atoms with E-state index in [0.717, 1.165) is 38.8 Å². The maximum Gasteiger partial charge on any atom is 0.329 e. The third-order valence-electron chi connectivity index (χ3n) is 5.09. The summed E-state index contributed by atoms with van der Waals surface area (Å²) >= 11 is 0. The van der Waals surface area contributed by atoms with Gasteiger partial charge in [-0.1, -0.05) is 51.3 Å². The van der Waals surface area contributed by atoms with Crippen molar-refractivity contribution in [1.82, 2.24) is 10.2 Å². The van der Waals surface area contributed by atoms with Crippen molar-refractivity contribution in [2.24, 2.45) is 5.92 Å². The lowest BCUT2D eigenvalue weighted by molar-refractivity contribution is -0.154. The van der Waals surface area contributed by atoms with Crippen LogP contribution in [0.3, 0.4) is 0 Å². The van der Waals surface area contributed by atoms with Gasteiger partial charge in [-0.2, -0.15) is 0 Å². The van der Waals surface area contributed by atoms with Gasteiger partial charge in [0.2, 0.25) is 0 Å². The molecular formula is C21H30N2O4. The molecule has 0 radical (unpaired) electrons. The van der Waals surface area contributed by atoms with Gasteiger partial charge in [0.15, 0.2) is 6.61 Å². The van der Waals surface area contributed by atoms with Crippen LogP contribution in [0.4, 0.5) is 0 Å². The molecule has 2 unspecified atom stereocenters. The minimum Gasteiger partial charge on any atom is -0.454 e. The first-order chi connectivity index (χ1) is 13.0. The van der Waals surface area contributed by atoms with Gasteiger partial charge in [0.25, 0.3) is 11.8 Å². The maximum atomic E-state index is 12.6. The lowest BCUT2D eigenvalue weighted by Gasteiger charge is -2.24. The molecular weight excluding hydrogens is 344 g/mol. The summed E-state index contributed by atoms with van der Waals surface area (Å²) in [6.07, 6.45) is 4.94. The molecule has 1 N–H and O–H groups in total. The quantitative estimate of drug-likeness (QED) is 0.745. The van der Waals surface area contributed by atoms with E-state index in [0.29, 0.717) is 12.0 Å². The molecule has 148 valence electrons. The standard InChI is InChI=1S/C21H30N2O4/c1-3-16(2)19(22-20(25)17-11-7-6-8-12-17)21(26)27-15-18(24)23-13-9-4-5-10-14-23/h6-8,11-12,16,19H,3-5,9-10,13-15H2,1-2H3,(H,22,25). The summed E-state index contributed by atoms with van der Waals surface area (Å²) in [5.41, 5.74) is 0.485. The van der Waals surface area contributed by atoms with Gasteiger partial charge in [-0.3, -0.25) is 9.59 Å². The molecule has 1 fully saturated rings. The average molecular weight is 374 g/mol. The van der Waals surface area contributed by atoms with E-state index in [1.165, 1.54) is 0 Å². The van der Waals surface area contributed by atoms with E-state index >= 15 is 0 Å². The molecule has 27 heavy (non-hydrogen) atoms. The van der Waals surface area contributed by atoms with Gasteiger partial charge in [0, 0.05) is 18.7 Å². The second-order valence-electron chi connectivity index (χ2n) is 7.11. The third-order valence-corrected chi connectivity index (χ3v) is 5.09. The Hall–Kier alpha value is -2.37. The van der Waals surface area contributed by atoms with Crippen LogP contribution < -0.4 is 5.32 Å². The Bertz CT molecular complexity index is 624. The number of hydrogen-bond acceptors (Lipinski definition) is 4. The van der Waals surface area contributed by atoms with E-state index in [4.69, 9.17) is 4.74 Å². The fourth-order valence-electron chi connectivity index (χ4n) is 3.12. The van der Waals surface area contributed by atoms with Gasteiger partial charge >= 0.3 is 5.97 Å². The minimum absolute atomic E-state index is 0.0987. The predicted octanol–water partition coefficient (Wildman–Crippen LogP) is 2.78. The number of rotatable bonds is 7. The zero-order valence-corrected chi connectivity index (χ0v) is 16.3. The van der Waals surface area contributed by atoms with Crippen LogP contribution in [0.25, 0.3) is 0 Å². The summed E-state index contributed by atoms with van der Waals surface area (Å²) in [6, 6.07) is 7.97. The Morgan fingerprint density at radius 2 is 1.70 bits per heavy atom. The Kier molecular flexibility index (Phi) is 8.30. The van der Waals surface area contributed by atoms with E-state index in [2.05, 4.69) is 5.32 Å². The van der Waals surface area contributed by atoms with Crippen LogP contribution in [-0.2, 0) is 14.3 Å². The molecule has 1 heterocycles. The predicted molar refractivity (Wildman–Crippen MR) is 103 cm³/mol. The Labute approximate surface area is 161 Å². The van der Waals surface area contributed by atoms with Gasteiger partial charge in [0.05, 0.1) is 0 Å². The van der Waals surface area contributed by atoms with Gasteiger partial charge in [-0.25, -0.2) is 4.79 Å². The highest BCUT2D eigenvalue weighted by atomic mass is 16.5. The summed E-state index contributed by atoms with van der Waals surface area (Å²) in [5, 5.41) is 2.76. The first-order valence-electron chi connectivity index (χ1n) is 9.83. The number of benzene rings is 1. The number of hydrogen-bond donors (Lipinski definition) is 1. The van der Waals surface area contributed by atoms with Crippen molar-refractivity contribution in [3.05, 3.63) is 35.9 Å². The highest BCUT2D eigenvalue weighted by molar-refractivity contribution is 5.97. The number of likely N-dealkylation sites (tertiary alicyclic amines) is 1. The van der Waals surface area contributed by atoms with Crippen LogP contribution >= 0.6 is 0 Å². The van der Waals surface area contributed by atoms with Crippen molar-refractivity contribution in [2.75, 3.05) is 19.7 Å². The van der Waals surface area contributed by atoms with Crippen LogP contribution in [0.5, 0.6) is 0 Å². The van der Waals surface area contributed by atoms with Crippen molar-refractivity contribution in [2.45, 2.75) is 52.0 Å². The normalized spacial score (nSPS) is 16.7. The van der Waals surface area contributed by atoms with Gasteiger partial charge < -0.3 is 15.0 Å². The highest BCUT2D eigenvalue weighted by Crippen LogP contribution is 2.13. The molecule has 2 amide bonds. The Morgan fingerprint density at radius 3 is 2.30 bits per heavy atom. The molecule has 2 atom stereocenters. The minimum atomic E-state index is -0.778. The molecule has 0 aromatic heterocycles. The summed E-state index contributed by atoms with van der Waals surface area (Å²) in [5.74, 6) is -1.14. The van der Waals surface area contributed by atoms with Crippen LogP contribution in [0.15, 0.2) is 30.3 Å². The van der Waals surface area contributed by atoms with Crippen molar-refractivity contribution >= 4 is 17.8 Å². The summed E-state index contributed by atoms with van der Waals surface area (Å²) in [6.45, 7) is 4.99. The number of ether oxygens (including phenoxy) is 1. The van der Waals surface area contributed by atoms with Crippen LogP contribution in [0.1, 0.15) is 56.3 Å². The van der Waals surface area contributed by atoms with Crippen LogP contribution in [-0.4, -0.2) is 48.4 Å². The topological polar surface area (TPSA) is 75.7 Å². The molecule has 1 aliphatic heterocycles. The summed E-state index contributed by atoms with van der Waals surface area (Å²) < 4.78 is 5.27. The highest BCUT2D eigenvalue weighted by Gasteiger charge is 2.29. The summed E-state index contributed by atoms with van der Waals surface area (Å²) in [4.78, 5) is 39.1. The smallest absolute Gasteiger partial charge is 0.329 e. The molecule has 1 aromatic rings. The van der Waals surface area contributed by atoms with E-state index in [1.54, 1.807) is 29.2 Å². The SMILES string of the molecule is CCC(C)C(NC(=O)c1ccccc1)C(=O)OCC(=O)N1CCCCCC1. The number of nitrogens with one attached hydrogen (secondary N) is 1. The van der Waals surface area contributed by atoms with E-state index in [9.17, 15) is 14.4 Å². The molecule has 6 nitrogen and oxygen atoms in total. The average Bonchev–Trinajstić information content (AvgIpc) is 2.99. The monoisotopic (exact) mass is 374 g/mol. The van der Waals surface area contributed by atoms with Gasteiger partial charge in [0.1, 0.15) is 6.04 Å². The fourth-order valence-corrected chi connectivity index (χ4v) is 3.12. The second-order valence-corrected chi connectivity index (χ2v) is 7.11. The number of carbonyl (C=O) groups is 3. The molecule has 0 bridgehead atoms. The lowest BCUT2D eigenvalue weighted by atomic mass is 9.99. The molecule has 0 saturated carbocycles. The first kappa shape index (κ1) is 20.9. The third kappa shape index (κ3) is 6.38. The summed E-state index contributed by atoms with van der Waals surface area (Å²) in [7, 11) is 0. The largest absolute Gasteiger partial charge is 0.454 e. The number of amides is 2. The molecule has 0 spiro atoms. The molecule has 0 aliphatic carbocycles. The Balaban J connectivity index is 1.93. The van der Waals surface area contributed by atoms with Crippen LogP contribution in [0, 0.1) is 5.92 Å². The zero-order chi connectivity index (χ0) is 19.6. The zero-order valence-electron chi connectivity index (χ0n) is 16.3. The maximum absolute atomic E-state index is 12.6. The number of esters is 1. The molecule has 1 aliphatic rings. The van der Waals surface area contributed by atoms with Crippen LogP contribution in [0.2, 0.25) is 0 Å². The van der Waals surface area contributed by atoms with Gasteiger partial charge in [-0.15, -0.1) is 0 Å². The number of carbonyl (C=O) groups excluding carboxylic acids is 3. The first-order valence-corrected chi connectivity index (χ1v) is 9.83. The Morgan fingerprint density at radius 1 is 1.07 bits per heavy atom. The van der Waals surface area contributed by atoms with E-state index in [-0.39, 0.29) is 24.3 Å². The van der Waals surface area contributed by atoms with Crippen molar-refractivity contribution in [1.29, 1.82) is 0 Å². The van der Waals surface area contributed by atoms with E-state index in [1.807, 2.05) is 19.9 Å². The van der Waals surface area contributed by atoms with Gasteiger partial charge in [-0.05, 0) is 30.9 Å². The molecule has 6 heteroatoms. The fraction of sp³-hybridized carbons (Fsp3) is 0.571. The van der Waals surface area contributed by atoms with E-state index < -0.39 is 12.0 Å². The number of nitrogens with zero attached hydrogens (tertiary/aromatic N) is 1. The van der Waals surface area contributed by atoms with Crippen molar-refractivity contribution in [3.63, 3.8) is 0 Å². The van der Waals surface area contributed by atoms with Crippen molar-refractivity contribution < 1.29 is 19.1 Å². The second kappa shape index (κ2) is 10.7. The molecule has 1 aromatic carbocycles. The molecule has 2 rings (SSSR count).